The van der Waals surface area contributed by atoms with Crippen molar-refractivity contribution in [3.8, 4) is 0 Å². The topological polar surface area (TPSA) is 27.3 Å². The zero-order valence-electron chi connectivity index (χ0n) is 7.90. The van der Waals surface area contributed by atoms with Crippen LogP contribution < -0.4 is 10.6 Å². The van der Waals surface area contributed by atoms with Gasteiger partial charge in [-0.2, -0.15) is 0 Å². The van der Waals surface area contributed by atoms with E-state index in [1.54, 1.807) is 0 Å². The van der Waals surface area contributed by atoms with E-state index < -0.39 is 0 Å². The maximum absolute atomic E-state index is 3.49. The van der Waals surface area contributed by atoms with Crippen LogP contribution in [0.15, 0.2) is 0 Å². The summed E-state index contributed by atoms with van der Waals surface area (Å²) in [5, 5.41) is 6.99. The maximum Gasteiger partial charge on any atom is 0.0456 e. The summed E-state index contributed by atoms with van der Waals surface area (Å²) >= 11 is 0. The van der Waals surface area contributed by atoms with E-state index in [4.69, 9.17) is 0 Å². The Bertz CT molecular complexity index is 144. The molecule has 2 N–H and O–H groups in total. The minimum atomic E-state index is 0.427. The fraction of sp³-hybridized carbons (Fsp3) is 1.00. The van der Waals surface area contributed by atoms with Crippen LogP contribution in [0.5, 0.6) is 0 Å². The highest BCUT2D eigenvalue weighted by Crippen LogP contribution is 2.23. The number of piperidine rings is 1. The number of piperazine rings is 1. The van der Waals surface area contributed by atoms with Crippen LogP contribution in [0.2, 0.25) is 0 Å². The van der Waals surface area contributed by atoms with Crippen molar-refractivity contribution >= 4 is 0 Å². The van der Waals surface area contributed by atoms with Crippen LogP contribution in [0.1, 0.15) is 12.8 Å². The Labute approximate surface area is 74.5 Å². The van der Waals surface area contributed by atoms with Crippen molar-refractivity contribution in [2.45, 2.75) is 18.4 Å². The number of nitrogens with one attached hydrogen (secondary N) is 2. The Morgan fingerprint density at radius 2 is 1.92 bits per heavy atom. The summed E-state index contributed by atoms with van der Waals surface area (Å²) < 4.78 is 0. The first-order chi connectivity index (χ1) is 5.83. The second kappa shape index (κ2) is 3.32. The second-order valence-electron chi connectivity index (χ2n) is 4.10. The minimum absolute atomic E-state index is 0.427. The summed E-state index contributed by atoms with van der Waals surface area (Å²) in [4.78, 5) is 2.52. The largest absolute Gasteiger partial charge is 0.315 e. The molecule has 2 saturated heterocycles. The molecule has 12 heavy (non-hydrogen) atoms. The molecule has 1 unspecified atom stereocenters. The first kappa shape index (κ1) is 8.48. The molecule has 0 amide bonds. The molecule has 0 aromatic heterocycles. The maximum atomic E-state index is 3.49. The molecule has 2 rings (SSSR count). The van der Waals surface area contributed by atoms with Gasteiger partial charge < -0.3 is 10.6 Å². The van der Waals surface area contributed by atoms with Crippen molar-refractivity contribution in [1.29, 1.82) is 0 Å². The van der Waals surface area contributed by atoms with Gasteiger partial charge in [0.05, 0.1) is 0 Å². The van der Waals surface area contributed by atoms with Gasteiger partial charge in [-0.05, 0) is 26.4 Å². The zero-order valence-corrected chi connectivity index (χ0v) is 7.90. The van der Waals surface area contributed by atoms with Crippen LogP contribution in [-0.2, 0) is 0 Å². The molecule has 2 aliphatic rings. The van der Waals surface area contributed by atoms with E-state index in [9.17, 15) is 0 Å². The van der Waals surface area contributed by atoms with Crippen molar-refractivity contribution in [2.75, 3.05) is 39.8 Å². The fourth-order valence-corrected chi connectivity index (χ4v) is 2.37. The van der Waals surface area contributed by atoms with Crippen molar-refractivity contribution in [1.82, 2.24) is 15.5 Å². The lowest BCUT2D eigenvalue weighted by Crippen LogP contribution is -2.65. The summed E-state index contributed by atoms with van der Waals surface area (Å²) in [6.07, 6.45) is 2.68. The Morgan fingerprint density at radius 3 is 2.58 bits per heavy atom. The summed E-state index contributed by atoms with van der Waals surface area (Å²) in [5.74, 6) is 0. The predicted molar refractivity (Wildman–Crippen MR) is 50.3 cm³/mol. The number of hydrogen-bond donors (Lipinski definition) is 2. The lowest BCUT2D eigenvalue weighted by Gasteiger charge is -2.48. The first-order valence-corrected chi connectivity index (χ1v) is 4.96. The molecule has 1 atom stereocenters. The monoisotopic (exact) mass is 169 g/mol. The van der Waals surface area contributed by atoms with E-state index in [2.05, 4.69) is 22.6 Å². The van der Waals surface area contributed by atoms with E-state index in [0.29, 0.717) is 5.54 Å². The van der Waals surface area contributed by atoms with E-state index in [-0.39, 0.29) is 0 Å². The third kappa shape index (κ3) is 1.37. The quantitative estimate of drug-likeness (QED) is 0.519. The van der Waals surface area contributed by atoms with Crippen molar-refractivity contribution in [2.24, 2.45) is 0 Å². The lowest BCUT2D eigenvalue weighted by atomic mass is 9.87. The summed E-state index contributed by atoms with van der Waals surface area (Å²) in [6.45, 7) is 5.88. The molecule has 3 heteroatoms. The fourth-order valence-electron chi connectivity index (χ4n) is 2.37. The molecule has 70 valence electrons. The average Bonchev–Trinajstić information content (AvgIpc) is 2.12. The van der Waals surface area contributed by atoms with Crippen LogP contribution >= 0.6 is 0 Å². The Hall–Kier alpha value is -0.120. The molecular formula is C9H19N3. The van der Waals surface area contributed by atoms with Crippen LogP contribution in [0, 0.1) is 0 Å². The Morgan fingerprint density at radius 1 is 1.17 bits per heavy atom. The Balaban J connectivity index is 2.04. The number of likely N-dealkylation sites (N-methyl/N-ethyl adjacent to an activating group) is 1. The molecule has 2 aliphatic heterocycles. The van der Waals surface area contributed by atoms with Gasteiger partial charge in [-0.25, -0.2) is 0 Å². The third-order valence-electron chi connectivity index (χ3n) is 3.34. The van der Waals surface area contributed by atoms with Gasteiger partial charge >= 0.3 is 0 Å². The molecule has 3 nitrogen and oxygen atoms in total. The number of hydrogen-bond acceptors (Lipinski definition) is 3. The molecule has 0 aliphatic carbocycles. The summed E-state index contributed by atoms with van der Waals surface area (Å²) in [5.41, 5.74) is 0.427. The van der Waals surface area contributed by atoms with Gasteiger partial charge in [0.15, 0.2) is 0 Å². The summed E-state index contributed by atoms with van der Waals surface area (Å²) in [6, 6.07) is 0. The molecular weight excluding hydrogens is 150 g/mol. The van der Waals surface area contributed by atoms with E-state index in [1.165, 1.54) is 25.9 Å². The van der Waals surface area contributed by atoms with Gasteiger partial charge in [-0.1, -0.05) is 0 Å². The summed E-state index contributed by atoms with van der Waals surface area (Å²) in [7, 11) is 2.26. The molecule has 0 radical (unpaired) electrons. The van der Waals surface area contributed by atoms with Crippen LogP contribution in [0.4, 0.5) is 0 Å². The average molecular weight is 169 g/mol. The highest BCUT2D eigenvalue weighted by atomic mass is 15.3. The molecule has 0 saturated carbocycles. The first-order valence-electron chi connectivity index (χ1n) is 4.96. The molecule has 2 fully saturated rings. The molecule has 2 heterocycles. The normalized spacial score (nSPS) is 38.8. The smallest absolute Gasteiger partial charge is 0.0456 e. The minimum Gasteiger partial charge on any atom is -0.315 e. The van der Waals surface area contributed by atoms with E-state index in [1.807, 2.05) is 0 Å². The van der Waals surface area contributed by atoms with Crippen LogP contribution in [0.3, 0.4) is 0 Å². The second-order valence-corrected chi connectivity index (χ2v) is 4.10. The molecule has 0 aromatic rings. The van der Waals surface area contributed by atoms with E-state index >= 15 is 0 Å². The van der Waals surface area contributed by atoms with Crippen molar-refractivity contribution in [3.63, 3.8) is 0 Å². The standard InChI is InChI=1S/C9H19N3/c1-12-6-5-11-8-9(12)3-2-4-10-7-9/h10-11H,2-8H2,1H3. The number of nitrogens with zero attached hydrogens (tertiary/aromatic N) is 1. The van der Waals surface area contributed by atoms with Gasteiger partial charge in [0, 0.05) is 31.7 Å². The third-order valence-corrected chi connectivity index (χ3v) is 3.34. The zero-order chi connectivity index (χ0) is 8.44. The van der Waals surface area contributed by atoms with Crippen LogP contribution in [-0.4, -0.2) is 50.2 Å². The Kier molecular flexibility index (Phi) is 2.35. The van der Waals surface area contributed by atoms with Gasteiger partial charge in [-0.15, -0.1) is 0 Å². The molecule has 1 spiro atoms. The number of rotatable bonds is 0. The SMILES string of the molecule is CN1CCNCC12CCCNC2. The lowest BCUT2D eigenvalue weighted by molar-refractivity contribution is 0.0627. The highest BCUT2D eigenvalue weighted by molar-refractivity contribution is 4.98. The van der Waals surface area contributed by atoms with Gasteiger partial charge in [-0.3, -0.25) is 4.90 Å². The molecule has 0 aromatic carbocycles. The highest BCUT2D eigenvalue weighted by Gasteiger charge is 2.37. The molecule has 0 bridgehead atoms. The van der Waals surface area contributed by atoms with Crippen molar-refractivity contribution in [3.05, 3.63) is 0 Å². The van der Waals surface area contributed by atoms with Gasteiger partial charge in [0.25, 0.3) is 0 Å². The van der Waals surface area contributed by atoms with Crippen LogP contribution in [0.25, 0.3) is 0 Å². The van der Waals surface area contributed by atoms with Gasteiger partial charge in [0.2, 0.25) is 0 Å². The van der Waals surface area contributed by atoms with Crippen molar-refractivity contribution < 1.29 is 0 Å². The predicted octanol–water partition coefficient (Wildman–Crippen LogP) is -0.356. The van der Waals surface area contributed by atoms with E-state index in [0.717, 1.165) is 19.6 Å². The van der Waals surface area contributed by atoms with Gasteiger partial charge in [0.1, 0.15) is 0 Å².